The maximum atomic E-state index is 13.8. The number of amides is 3. The summed E-state index contributed by atoms with van der Waals surface area (Å²) in [7, 11) is 0. The van der Waals surface area contributed by atoms with Crippen LogP contribution in [0.25, 0.3) is 11.1 Å². The van der Waals surface area contributed by atoms with Crippen molar-refractivity contribution >= 4 is 17.7 Å². The average Bonchev–Trinajstić information content (AvgIpc) is 3.23. The third-order valence-electron chi connectivity index (χ3n) is 12.0. The first-order chi connectivity index (χ1) is 28.0. The number of benzene rings is 3. The van der Waals surface area contributed by atoms with Crippen molar-refractivity contribution in [3.05, 3.63) is 95.1 Å². The second kappa shape index (κ2) is 20.7. The molecule has 0 bridgehead atoms. The fraction of sp³-hybridized carbons (Fsp3) is 0.553. The zero-order valence-corrected chi connectivity index (χ0v) is 34.6. The van der Waals surface area contributed by atoms with E-state index in [-0.39, 0.29) is 54.5 Å². The van der Waals surface area contributed by atoms with E-state index in [4.69, 9.17) is 14.7 Å². The Labute approximate surface area is 344 Å². The van der Waals surface area contributed by atoms with Gasteiger partial charge in [-0.15, -0.1) is 0 Å². The Balaban J connectivity index is 1.13. The molecule has 3 fully saturated rings. The lowest BCUT2D eigenvalue weighted by Gasteiger charge is -2.50. The molecule has 3 aromatic carbocycles. The molecule has 0 aromatic heterocycles. The number of ether oxygens (including phenoxy) is 2. The van der Waals surface area contributed by atoms with Gasteiger partial charge in [-0.05, 0) is 99.1 Å². The smallest absolute Gasteiger partial charge is 0.243 e. The number of nitrogens with one attached hydrogen (secondary N) is 3. The molecule has 3 aromatic rings. The molecule has 58 heavy (non-hydrogen) atoms. The van der Waals surface area contributed by atoms with Gasteiger partial charge in [0.15, 0.2) is 6.29 Å². The van der Waals surface area contributed by atoms with Crippen LogP contribution >= 0.6 is 0 Å². The molecule has 1 saturated carbocycles. The molecule has 314 valence electrons. The van der Waals surface area contributed by atoms with Gasteiger partial charge >= 0.3 is 0 Å². The molecule has 11 nitrogen and oxygen atoms in total. The fourth-order valence-electron chi connectivity index (χ4n) is 8.96. The average molecular weight is 797 g/mol. The van der Waals surface area contributed by atoms with E-state index in [2.05, 4.69) is 51.9 Å². The molecular weight excluding hydrogens is 733 g/mol. The van der Waals surface area contributed by atoms with Crippen molar-refractivity contribution in [1.82, 2.24) is 21.0 Å². The highest BCUT2D eigenvalue weighted by Gasteiger charge is 2.44. The maximum absolute atomic E-state index is 13.8. The number of aliphatic hydroxyl groups is 1. The second-order valence-electron chi connectivity index (χ2n) is 17.5. The second-order valence-corrected chi connectivity index (χ2v) is 17.5. The van der Waals surface area contributed by atoms with Crippen molar-refractivity contribution in [2.45, 2.75) is 154 Å². The third-order valence-corrected chi connectivity index (χ3v) is 12.0. The Morgan fingerprint density at radius 2 is 1.48 bits per heavy atom. The maximum Gasteiger partial charge on any atom is 0.243 e. The van der Waals surface area contributed by atoms with Gasteiger partial charge in [-0.25, -0.2) is 5.48 Å². The molecule has 6 rings (SSSR count). The van der Waals surface area contributed by atoms with Gasteiger partial charge in [-0.1, -0.05) is 92.4 Å². The number of hydroxylamine groups is 1. The van der Waals surface area contributed by atoms with Gasteiger partial charge in [0.1, 0.15) is 0 Å². The number of unbranched alkanes of at least 4 members (excludes halogenated alkanes) is 3. The van der Waals surface area contributed by atoms with Crippen molar-refractivity contribution in [2.24, 2.45) is 5.92 Å². The zero-order chi connectivity index (χ0) is 41.1. The van der Waals surface area contributed by atoms with Crippen LogP contribution in [0.5, 0.6) is 0 Å². The highest BCUT2D eigenvalue weighted by atomic mass is 16.7. The van der Waals surface area contributed by atoms with E-state index in [9.17, 15) is 19.5 Å². The van der Waals surface area contributed by atoms with Gasteiger partial charge in [0, 0.05) is 49.5 Å². The number of fused-ring (bicyclic) bond motifs is 1. The van der Waals surface area contributed by atoms with Gasteiger partial charge < -0.3 is 25.2 Å². The number of aliphatic hydroxyl groups excluding tert-OH is 1. The topological polar surface area (TPSA) is 149 Å². The van der Waals surface area contributed by atoms with Crippen molar-refractivity contribution in [1.29, 1.82) is 0 Å². The summed E-state index contributed by atoms with van der Waals surface area (Å²) in [6, 6.07) is 24.6. The summed E-state index contributed by atoms with van der Waals surface area (Å²) in [5.41, 5.74) is 7.24. The van der Waals surface area contributed by atoms with E-state index in [0.717, 1.165) is 71.9 Å². The number of piperidine rings is 1. The molecular formula is C47H64N4O7. The predicted octanol–water partition coefficient (Wildman–Crippen LogP) is 7.79. The number of carbonyl (C=O) groups excluding carboxylic acids is 3. The fourth-order valence-corrected chi connectivity index (χ4v) is 8.96. The SMILES string of the molecule is CC(C)(C)NC(=O)[C@H]1CC[C@H]2CCCC[C@H]2N1C[C@@H]1C[C@H](c2ccc(CO)cc2)O[C@H](c2ccc(-c3cccc(CNC(=O)CCCCCCC(=O)NO)c3)cc2)O1. The first kappa shape index (κ1) is 43.4. The van der Waals surface area contributed by atoms with Crippen molar-refractivity contribution in [3.8, 4) is 11.1 Å². The highest BCUT2D eigenvalue weighted by Crippen LogP contribution is 2.42. The number of hydrogen-bond acceptors (Lipinski definition) is 8. The summed E-state index contributed by atoms with van der Waals surface area (Å²) in [6.45, 7) is 7.20. The van der Waals surface area contributed by atoms with E-state index in [1.54, 1.807) is 5.48 Å². The lowest BCUT2D eigenvalue weighted by molar-refractivity contribution is -0.255. The van der Waals surface area contributed by atoms with Crippen LogP contribution in [-0.2, 0) is 37.0 Å². The monoisotopic (exact) mass is 796 g/mol. The summed E-state index contributed by atoms with van der Waals surface area (Å²) in [5.74, 6) is 0.323. The molecule has 0 spiro atoms. The quantitative estimate of drug-likeness (QED) is 0.0561. The van der Waals surface area contributed by atoms with Crippen molar-refractivity contribution in [3.63, 3.8) is 0 Å². The van der Waals surface area contributed by atoms with Crippen LogP contribution in [0.15, 0.2) is 72.8 Å². The largest absolute Gasteiger partial charge is 0.392 e. The minimum atomic E-state index is -0.606. The Bertz CT molecular complexity index is 1790. The normalized spacial score (nSPS) is 23.7. The van der Waals surface area contributed by atoms with Crippen LogP contribution in [-0.4, -0.2) is 63.2 Å². The highest BCUT2D eigenvalue weighted by molar-refractivity contribution is 5.82. The number of likely N-dealkylation sites (tertiary alicyclic amines) is 1. The summed E-state index contributed by atoms with van der Waals surface area (Å²) in [4.78, 5) is 40.0. The minimum absolute atomic E-state index is 0.00109. The summed E-state index contributed by atoms with van der Waals surface area (Å²) >= 11 is 0. The predicted molar refractivity (Wildman–Crippen MR) is 223 cm³/mol. The molecule has 0 radical (unpaired) electrons. The molecule has 6 atom stereocenters. The Morgan fingerprint density at radius 3 is 2.19 bits per heavy atom. The Kier molecular flexibility index (Phi) is 15.5. The third kappa shape index (κ3) is 12.2. The van der Waals surface area contributed by atoms with Crippen molar-refractivity contribution < 1.29 is 34.2 Å². The van der Waals surface area contributed by atoms with E-state index in [1.165, 1.54) is 19.3 Å². The molecule has 2 saturated heterocycles. The summed E-state index contributed by atoms with van der Waals surface area (Å²) in [5, 5.41) is 24.6. The minimum Gasteiger partial charge on any atom is -0.392 e. The van der Waals surface area contributed by atoms with Crippen LogP contribution in [0.2, 0.25) is 0 Å². The molecule has 2 heterocycles. The van der Waals surface area contributed by atoms with E-state index < -0.39 is 6.29 Å². The Morgan fingerprint density at radius 1 is 0.776 bits per heavy atom. The lowest BCUT2D eigenvalue weighted by Crippen LogP contribution is -2.61. The van der Waals surface area contributed by atoms with E-state index in [0.29, 0.717) is 44.3 Å². The summed E-state index contributed by atoms with van der Waals surface area (Å²) in [6.07, 6.45) is 10.2. The number of nitrogens with zero attached hydrogens (tertiary/aromatic N) is 1. The van der Waals surface area contributed by atoms with Crippen LogP contribution in [0.1, 0.15) is 139 Å². The van der Waals surface area contributed by atoms with Gasteiger partial charge in [0.2, 0.25) is 17.7 Å². The van der Waals surface area contributed by atoms with Gasteiger partial charge in [-0.3, -0.25) is 24.5 Å². The first-order valence-electron chi connectivity index (χ1n) is 21.5. The van der Waals surface area contributed by atoms with Crippen molar-refractivity contribution in [2.75, 3.05) is 6.54 Å². The lowest BCUT2D eigenvalue weighted by atomic mass is 9.75. The van der Waals surface area contributed by atoms with E-state index >= 15 is 0 Å². The van der Waals surface area contributed by atoms with Gasteiger partial charge in [-0.2, -0.15) is 0 Å². The molecule has 5 N–H and O–H groups in total. The first-order valence-corrected chi connectivity index (χ1v) is 21.5. The number of hydrogen-bond donors (Lipinski definition) is 5. The molecule has 0 unspecified atom stereocenters. The van der Waals surface area contributed by atoms with Gasteiger partial charge in [0.25, 0.3) is 0 Å². The number of rotatable bonds is 16. The van der Waals surface area contributed by atoms with Crippen LogP contribution in [0, 0.1) is 5.92 Å². The zero-order valence-electron chi connectivity index (χ0n) is 34.6. The molecule has 11 heteroatoms. The molecule has 3 aliphatic rings. The summed E-state index contributed by atoms with van der Waals surface area (Å²) < 4.78 is 13.6. The van der Waals surface area contributed by atoms with E-state index in [1.807, 2.05) is 57.2 Å². The van der Waals surface area contributed by atoms with Crippen LogP contribution < -0.4 is 16.1 Å². The Hall–Kier alpha value is -4.13. The number of carbonyl (C=O) groups is 3. The van der Waals surface area contributed by atoms with Crippen LogP contribution in [0.3, 0.4) is 0 Å². The molecule has 3 amide bonds. The molecule has 2 aliphatic heterocycles. The standard InChI is InChI=1S/C47H64N4O7/c1-47(2,3)49-45(55)41-26-25-35-12-8-9-14-40(35)51(41)30-39-28-42(36-19-17-32(31-52)18-20-36)58-46(57-39)37-23-21-34(22-24-37)38-13-10-11-33(27-38)29-48-43(53)15-6-4-5-7-16-44(54)50-56/h10-11,13,17-24,27,35,39-42,46,52,56H,4-9,12,14-16,25-26,28-31H2,1-3H3,(H,48,53)(H,49,55)(H,50,54)/t35-,39+,40-,41-,42-,46-/m1/s1. The molecule has 1 aliphatic carbocycles. The van der Waals surface area contributed by atoms with Gasteiger partial charge in [0.05, 0.1) is 24.9 Å². The van der Waals surface area contributed by atoms with Crippen LogP contribution in [0.4, 0.5) is 0 Å².